The first-order chi connectivity index (χ1) is 14.1. The van der Waals surface area contributed by atoms with Crippen LogP contribution in [-0.2, 0) is 6.61 Å². The molecule has 1 heterocycles. The van der Waals surface area contributed by atoms with Crippen LogP contribution in [0.15, 0.2) is 66.7 Å². The van der Waals surface area contributed by atoms with Crippen molar-refractivity contribution in [2.45, 2.75) is 13.5 Å². The molecule has 0 amide bonds. The number of hydrogen-bond acceptors (Lipinski definition) is 6. The molecule has 4 rings (SSSR count). The maximum absolute atomic E-state index is 10.8. The Morgan fingerprint density at radius 2 is 1.79 bits per heavy atom. The monoisotopic (exact) mass is 406 g/mol. The minimum absolute atomic E-state index is 0.0592. The number of thiazole rings is 1. The van der Waals surface area contributed by atoms with Crippen LogP contribution >= 0.6 is 11.3 Å². The highest BCUT2D eigenvalue weighted by Crippen LogP contribution is 2.36. The summed E-state index contributed by atoms with van der Waals surface area (Å²) in [6, 6.07) is 20.1. The highest BCUT2D eigenvalue weighted by Gasteiger charge is 2.12. The number of para-hydroxylation sites is 1. The molecule has 0 aliphatic carbocycles. The molecule has 146 valence electrons. The van der Waals surface area contributed by atoms with Gasteiger partial charge < -0.3 is 9.47 Å². The second kappa shape index (κ2) is 8.28. The van der Waals surface area contributed by atoms with Crippen LogP contribution in [0, 0.1) is 10.1 Å². The minimum Gasteiger partial charge on any atom is -0.490 e. The molecule has 0 saturated carbocycles. The summed E-state index contributed by atoms with van der Waals surface area (Å²) in [6.45, 7) is 2.72. The van der Waals surface area contributed by atoms with E-state index in [-0.39, 0.29) is 5.69 Å². The van der Waals surface area contributed by atoms with Crippen LogP contribution in [0.3, 0.4) is 0 Å². The third-order valence-corrected chi connectivity index (χ3v) is 5.41. The molecule has 29 heavy (non-hydrogen) atoms. The van der Waals surface area contributed by atoms with Crippen molar-refractivity contribution in [3.05, 3.63) is 82.4 Å². The number of fused-ring (bicyclic) bond motifs is 1. The number of nitro groups is 1. The molecule has 0 radical (unpaired) electrons. The van der Waals surface area contributed by atoms with E-state index in [0.29, 0.717) is 24.7 Å². The van der Waals surface area contributed by atoms with Crippen molar-refractivity contribution in [1.82, 2.24) is 4.98 Å². The third-order valence-electron chi connectivity index (χ3n) is 4.33. The van der Waals surface area contributed by atoms with E-state index in [1.807, 2.05) is 43.3 Å². The molecule has 0 spiro atoms. The molecule has 0 aliphatic rings. The summed E-state index contributed by atoms with van der Waals surface area (Å²) in [6.07, 6.45) is 0. The Hall–Kier alpha value is -3.45. The lowest BCUT2D eigenvalue weighted by Crippen LogP contribution is -2.00. The van der Waals surface area contributed by atoms with Crippen molar-refractivity contribution < 1.29 is 14.4 Å². The predicted octanol–water partition coefficient (Wildman–Crippen LogP) is 5.85. The second-order valence-electron chi connectivity index (χ2n) is 6.29. The van der Waals surface area contributed by atoms with Gasteiger partial charge in [0, 0.05) is 17.7 Å². The fourth-order valence-corrected chi connectivity index (χ4v) is 3.86. The normalized spacial score (nSPS) is 10.8. The van der Waals surface area contributed by atoms with Gasteiger partial charge in [0.05, 0.1) is 21.7 Å². The average molecular weight is 406 g/mol. The molecule has 0 bridgehead atoms. The van der Waals surface area contributed by atoms with E-state index in [2.05, 4.69) is 6.07 Å². The molecule has 1 aromatic heterocycles. The lowest BCUT2D eigenvalue weighted by Gasteiger charge is -2.13. The Labute approximate surface area is 171 Å². The Morgan fingerprint density at radius 1 is 1.00 bits per heavy atom. The van der Waals surface area contributed by atoms with E-state index in [4.69, 9.17) is 14.5 Å². The van der Waals surface area contributed by atoms with Crippen LogP contribution in [0.4, 0.5) is 5.69 Å². The molecule has 0 unspecified atom stereocenters. The summed E-state index contributed by atoms with van der Waals surface area (Å²) in [5.74, 6) is 1.27. The van der Waals surface area contributed by atoms with Crippen molar-refractivity contribution in [1.29, 1.82) is 0 Å². The number of non-ortho nitro benzene ring substituents is 1. The molecule has 4 aromatic rings. The lowest BCUT2D eigenvalue weighted by molar-refractivity contribution is -0.384. The van der Waals surface area contributed by atoms with Gasteiger partial charge in [-0.15, -0.1) is 11.3 Å². The Kier molecular flexibility index (Phi) is 5.39. The first-order valence-electron chi connectivity index (χ1n) is 9.13. The number of aromatic nitrogens is 1. The van der Waals surface area contributed by atoms with Crippen molar-refractivity contribution in [3.63, 3.8) is 0 Å². The van der Waals surface area contributed by atoms with E-state index in [1.54, 1.807) is 23.5 Å². The van der Waals surface area contributed by atoms with E-state index >= 15 is 0 Å². The largest absolute Gasteiger partial charge is 0.490 e. The molecule has 0 saturated heterocycles. The molecule has 7 heteroatoms. The van der Waals surface area contributed by atoms with Crippen molar-refractivity contribution in [2.75, 3.05) is 6.61 Å². The number of benzene rings is 3. The molecule has 0 N–H and O–H groups in total. The lowest BCUT2D eigenvalue weighted by atomic mass is 10.2. The molecule has 0 aliphatic heterocycles. The highest BCUT2D eigenvalue weighted by molar-refractivity contribution is 7.21. The zero-order valence-electron chi connectivity index (χ0n) is 15.7. The number of nitrogens with zero attached hydrogens (tertiary/aromatic N) is 2. The fraction of sp³-hybridized carbons (Fsp3) is 0.136. The fourth-order valence-electron chi connectivity index (χ4n) is 2.90. The SMILES string of the molecule is CCOc1cc(-c2nc3ccccc3s2)ccc1OCc1ccc([N+](=O)[O-])cc1. The van der Waals surface area contributed by atoms with Gasteiger partial charge in [-0.05, 0) is 55.0 Å². The topological polar surface area (TPSA) is 74.5 Å². The quantitative estimate of drug-likeness (QED) is 0.284. The first-order valence-corrected chi connectivity index (χ1v) is 9.94. The number of ether oxygens (including phenoxy) is 2. The maximum Gasteiger partial charge on any atom is 0.269 e. The zero-order chi connectivity index (χ0) is 20.2. The summed E-state index contributed by atoms with van der Waals surface area (Å²) in [7, 11) is 0. The van der Waals surface area contributed by atoms with Gasteiger partial charge in [-0.1, -0.05) is 12.1 Å². The van der Waals surface area contributed by atoms with Crippen molar-refractivity contribution in [2.24, 2.45) is 0 Å². The van der Waals surface area contributed by atoms with Gasteiger partial charge in [-0.2, -0.15) is 0 Å². The Bertz CT molecular complexity index is 1120. The number of hydrogen-bond donors (Lipinski definition) is 0. The van der Waals surface area contributed by atoms with Gasteiger partial charge in [-0.3, -0.25) is 10.1 Å². The average Bonchev–Trinajstić information content (AvgIpc) is 3.17. The van der Waals surface area contributed by atoms with Crippen molar-refractivity contribution >= 4 is 27.2 Å². The van der Waals surface area contributed by atoms with Gasteiger partial charge in [0.25, 0.3) is 5.69 Å². The van der Waals surface area contributed by atoms with E-state index in [0.717, 1.165) is 26.4 Å². The molecule has 0 fully saturated rings. The van der Waals surface area contributed by atoms with Gasteiger partial charge in [0.1, 0.15) is 11.6 Å². The summed E-state index contributed by atoms with van der Waals surface area (Å²) in [4.78, 5) is 15.0. The first kappa shape index (κ1) is 18.9. The molecule has 0 atom stereocenters. The molecular formula is C22H18N2O4S. The number of rotatable bonds is 7. The van der Waals surface area contributed by atoms with E-state index < -0.39 is 4.92 Å². The third kappa shape index (κ3) is 4.20. The van der Waals surface area contributed by atoms with Gasteiger partial charge >= 0.3 is 0 Å². The van der Waals surface area contributed by atoms with Gasteiger partial charge in [0.2, 0.25) is 0 Å². The van der Waals surface area contributed by atoms with Gasteiger partial charge in [0.15, 0.2) is 11.5 Å². The van der Waals surface area contributed by atoms with Crippen LogP contribution in [0.1, 0.15) is 12.5 Å². The van der Waals surface area contributed by atoms with Gasteiger partial charge in [-0.25, -0.2) is 4.98 Å². The van der Waals surface area contributed by atoms with E-state index in [1.165, 1.54) is 12.1 Å². The van der Waals surface area contributed by atoms with Crippen LogP contribution in [0.5, 0.6) is 11.5 Å². The molecule has 6 nitrogen and oxygen atoms in total. The molecular weight excluding hydrogens is 388 g/mol. The standard InChI is InChI=1S/C22H18N2O4S/c1-2-27-20-13-16(22-23-18-5-3-4-6-21(18)29-22)9-12-19(20)28-14-15-7-10-17(11-8-15)24(25)26/h3-13H,2,14H2,1H3. The van der Waals surface area contributed by atoms with Crippen LogP contribution in [-0.4, -0.2) is 16.5 Å². The summed E-state index contributed by atoms with van der Waals surface area (Å²) in [5.41, 5.74) is 2.85. The van der Waals surface area contributed by atoms with E-state index in [9.17, 15) is 10.1 Å². The summed E-state index contributed by atoms with van der Waals surface area (Å²) in [5, 5.41) is 11.7. The maximum atomic E-state index is 10.8. The summed E-state index contributed by atoms with van der Waals surface area (Å²) >= 11 is 1.63. The van der Waals surface area contributed by atoms with Crippen LogP contribution in [0.25, 0.3) is 20.8 Å². The second-order valence-corrected chi connectivity index (χ2v) is 7.32. The summed E-state index contributed by atoms with van der Waals surface area (Å²) < 4.78 is 12.8. The van der Waals surface area contributed by atoms with Crippen LogP contribution < -0.4 is 9.47 Å². The minimum atomic E-state index is -0.418. The smallest absolute Gasteiger partial charge is 0.269 e. The Morgan fingerprint density at radius 3 is 2.52 bits per heavy atom. The Balaban J connectivity index is 1.56. The number of nitro benzene ring substituents is 1. The van der Waals surface area contributed by atoms with Crippen molar-refractivity contribution in [3.8, 4) is 22.1 Å². The predicted molar refractivity (Wildman–Crippen MR) is 114 cm³/mol. The molecule has 3 aromatic carbocycles. The highest BCUT2D eigenvalue weighted by atomic mass is 32.1. The van der Waals surface area contributed by atoms with Crippen LogP contribution in [0.2, 0.25) is 0 Å². The zero-order valence-corrected chi connectivity index (χ0v) is 16.5.